The summed E-state index contributed by atoms with van der Waals surface area (Å²) in [7, 11) is 2.61. The number of carbonyl (C=O) groups excluding carboxylic acids is 1. The first-order chi connectivity index (χ1) is 13.6. The predicted molar refractivity (Wildman–Crippen MR) is 105 cm³/mol. The van der Waals surface area contributed by atoms with Crippen LogP contribution in [0.4, 0.5) is 23.2 Å². The van der Waals surface area contributed by atoms with Gasteiger partial charge >= 0.3 is 6.18 Å². The van der Waals surface area contributed by atoms with Crippen LogP contribution >= 0.6 is 0 Å². The fourth-order valence-electron chi connectivity index (χ4n) is 3.22. The average molecular weight is 417 g/mol. The fraction of sp³-hybridized carbons (Fsp3) is 0.579. The predicted octanol–water partition coefficient (Wildman–Crippen LogP) is 2.29. The van der Waals surface area contributed by atoms with Gasteiger partial charge in [0, 0.05) is 33.2 Å². The number of aryl methyl sites for hydroxylation is 1. The van der Waals surface area contributed by atoms with E-state index in [0.29, 0.717) is 23.1 Å². The van der Waals surface area contributed by atoms with Gasteiger partial charge in [-0.15, -0.1) is 0 Å². The summed E-state index contributed by atoms with van der Waals surface area (Å²) in [4.78, 5) is 18.5. The summed E-state index contributed by atoms with van der Waals surface area (Å²) < 4.78 is 51.4. The summed E-state index contributed by atoms with van der Waals surface area (Å²) in [5.41, 5.74) is 1.51. The van der Waals surface area contributed by atoms with Crippen molar-refractivity contribution < 1.29 is 22.4 Å². The minimum absolute atomic E-state index is 0.0436. The van der Waals surface area contributed by atoms with E-state index >= 15 is 0 Å². The Labute approximate surface area is 168 Å². The van der Waals surface area contributed by atoms with E-state index in [0.717, 1.165) is 32.0 Å². The molecular formula is C19H27F4N5O. The van der Waals surface area contributed by atoms with Crippen molar-refractivity contribution in [3.8, 4) is 0 Å². The van der Waals surface area contributed by atoms with E-state index in [-0.39, 0.29) is 18.4 Å². The van der Waals surface area contributed by atoms with Crippen LogP contribution in [0, 0.1) is 12.7 Å². The number of nitrogens with zero attached hydrogens (tertiary/aromatic N) is 3. The van der Waals surface area contributed by atoms with Crippen molar-refractivity contribution in [2.45, 2.75) is 32.0 Å². The van der Waals surface area contributed by atoms with Gasteiger partial charge in [-0.25, -0.2) is 4.39 Å². The van der Waals surface area contributed by atoms with Crippen molar-refractivity contribution in [3.05, 3.63) is 29.6 Å². The maximum absolute atomic E-state index is 14.2. The number of halogens is 4. The van der Waals surface area contributed by atoms with Crippen LogP contribution in [0.5, 0.6) is 0 Å². The first-order valence-electron chi connectivity index (χ1n) is 9.38. The lowest BCUT2D eigenvalue weighted by atomic mass is 10.0. The molecule has 1 aromatic rings. The quantitative estimate of drug-likeness (QED) is 0.439. The molecule has 1 fully saturated rings. The zero-order chi connectivity index (χ0) is 21.6. The molecule has 2 N–H and O–H groups in total. The number of hydrogen-bond acceptors (Lipinski definition) is 3. The van der Waals surface area contributed by atoms with Gasteiger partial charge in [0.2, 0.25) is 5.91 Å². The molecule has 162 valence electrons. The largest absolute Gasteiger partial charge is 0.406 e. The SMILES string of the molecule is CN=C(NCC(=O)N(C)CC(F)(F)F)NC1CCCN(c2cc(C)ccc2F)C1. The third-order valence-electron chi connectivity index (χ3n) is 4.68. The third-order valence-corrected chi connectivity index (χ3v) is 4.68. The number of piperidine rings is 1. The summed E-state index contributed by atoms with van der Waals surface area (Å²) in [5.74, 6) is -0.662. The maximum Gasteiger partial charge on any atom is 0.406 e. The second kappa shape index (κ2) is 9.80. The number of aliphatic imine (C=N–C) groups is 1. The topological polar surface area (TPSA) is 60.0 Å². The third kappa shape index (κ3) is 7.10. The van der Waals surface area contributed by atoms with E-state index in [1.807, 2.05) is 11.8 Å². The number of benzene rings is 1. The molecule has 1 heterocycles. The molecule has 0 aromatic heterocycles. The van der Waals surface area contributed by atoms with Gasteiger partial charge in [0.15, 0.2) is 5.96 Å². The van der Waals surface area contributed by atoms with E-state index < -0.39 is 18.6 Å². The van der Waals surface area contributed by atoms with Crippen molar-refractivity contribution >= 4 is 17.6 Å². The summed E-state index contributed by atoms with van der Waals surface area (Å²) >= 11 is 0. The number of likely N-dealkylation sites (N-methyl/N-ethyl adjacent to an activating group) is 1. The molecule has 1 amide bonds. The van der Waals surface area contributed by atoms with Gasteiger partial charge in [0.1, 0.15) is 12.4 Å². The molecule has 0 spiro atoms. The molecule has 0 radical (unpaired) electrons. The molecule has 6 nitrogen and oxygen atoms in total. The van der Waals surface area contributed by atoms with Crippen molar-refractivity contribution in [2.75, 3.05) is 45.2 Å². The van der Waals surface area contributed by atoms with Crippen molar-refractivity contribution in [1.82, 2.24) is 15.5 Å². The van der Waals surface area contributed by atoms with Crippen LogP contribution in [0.15, 0.2) is 23.2 Å². The Kier molecular flexibility index (Phi) is 7.69. The molecule has 2 rings (SSSR count). The van der Waals surface area contributed by atoms with Gasteiger partial charge in [-0.2, -0.15) is 13.2 Å². The van der Waals surface area contributed by atoms with Crippen LogP contribution < -0.4 is 15.5 Å². The highest BCUT2D eigenvalue weighted by atomic mass is 19.4. The van der Waals surface area contributed by atoms with Gasteiger partial charge in [-0.05, 0) is 37.5 Å². The molecule has 1 unspecified atom stereocenters. The van der Waals surface area contributed by atoms with Crippen LogP contribution in [-0.4, -0.2) is 69.3 Å². The van der Waals surface area contributed by atoms with E-state index in [1.165, 1.54) is 13.1 Å². The Morgan fingerprint density at radius 3 is 2.76 bits per heavy atom. The Hall–Kier alpha value is -2.52. The minimum Gasteiger partial charge on any atom is -0.367 e. The number of nitrogens with one attached hydrogen (secondary N) is 2. The van der Waals surface area contributed by atoms with E-state index in [9.17, 15) is 22.4 Å². The molecule has 1 aliphatic rings. The summed E-state index contributed by atoms with van der Waals surface area (Å²) in [6.45, 7) is 1.56. The van der Waals surface area contributed by atoms with Crippen molar-refractivity contribution in [2.24, 2.45) is 4.99 Å². The van der Waals surface area contributed by atoms with Crippen molar-refractivity contribution in [1.29, 1.82) is 0 Å². The van der Waals surface area contributed by atoms with E-state index in [1.54, 1.807) is 12.1 Å². The summed E-state index contributed by atoms with van der Waals surface area (Å²) in [5, 5.41) is 5.91. The monoisotopic (exact) mass is 417 g/mol. The molecular weight excluding hydrogens is 390 g/mol. The van der Waals surface area contributed by atoms with Crippen LogP contribution in [0.1, 0.15) is 18.4 Å². The van der Waals surface area contributed by atoms with Gasteiger partial charge in [-0.3, -0.25) is 9.79 Å². The lowest BCUT2D eigenvalue weighted by Crippen LogP contribution is -2.53. The highest BCUT2D eigenvalue weighted by Gasteiger charge is 2.31. The van der Waals surface area contributed by atoms with Gasteiger partial charge < -0.3 is 20.4 Å². The number of amides is 1. The lowest BCUT2D eigenvalue weighted by Gasteiger charge is -2.35. The molecule has 0 saturated carbocycles. The van der Waals surface area contributed by atoms with Crippen LogP contribution in [0.2, 0.25) is 0 Å². The number of hydrogen-bond donors (Lipinski definition) is 2. The summed E-state index contributed by atoms with van der Waals surface area (Å²) in [6.07, 6.45) is -2.77. The number of guanidine groups is 1. The number of anilines is 1. The Morgan fingerprint density at radius 2 is 2.10 bits per heavy atom. The van der Waals surface area contributed by atoms with E-state index in [4.69, 9.17) is 0 Å². The Balaban J connectivity index is 1.90. The zero-order valence-electron chi connectivity index (χ0n) is 16.8. The molecule has 1 aliphatic heterocycles. The zero-order valence-corrected chi connectivity index (χ0v) is 16.8. The molecule has 1 saturated heterocycles. The highest BCUT2D eigenvalue weighted by Crippen LogP contribution is 2.24. The number of alkyl halides is 3. The molecule has 10 heteroatoms. The van der Waals surface area contributed by atoms with Gasteiger partial charge in [0.05, 0.1) is 12.2 Å². The lowest BCUT2D eigenvalue weighted by molar-refractivity contribution is -0.157. The van der Waals surface area contributed by atoms with Crippen LogP contribution in [-0.2, 0) is 4.79 Å². The van der Waals surface area contributed by atoms with Crippen LogP contribution in [0.25, 0.3) is 0 Å². The van der Waals surface area contributed by atoms with E-state index in [2.05, 4.69) is 15.6 Å². The normalized spacial score (nSPS) is 17.8. The second-order valence-corrected chi connectivity index (χ2v) is 7.18. The van der Waals surface area contributed by atoms with Gasteiger partial charge in [-0.1, -0.05) is 6.07 Å². The smallest absolute Gasteiger partial charge is 0.367 e. The number of rotatable bonds is 5. The van der Waals surface area contributed by atoms with Crippen LogP contribution in [0.3, 0.4) is 0 Å². The Morgan fingerprint density at radius 1 is 1.38 bits per heavy atom. The minimum atomic E-state index is -4.44. The molecule has 0 aliphatic carbocycles. The Bertz CT molecular complexity index is 738. The fourth-order valence-corrected chi connectivity index (χ4v) is 3.22. The first-order valence-corrected chi connectivity index (χ1v) is 9.38. The average Bonchev–Trinajstić information content (AvgIpc) is 2.65. The molecule has 1 atom stereocenters. The molecule has 29 heavy (non-hydrogen) atoms. The highest BCUT2D eigenvalue weighted by molar-refractivity contribution is 5.86. The number of carbonyl (C=O) groups is 1. The standard InChI is InChI=1S/C19H27F4N5O/c1-13-6-7-15(20)16(9-13)28-8-4-5-14(11-28)26-18(24-2)25-10-17(29)27(3)12-19(21,22)23/h6-7,9,14H,4-5,8,10-12H2,1-3H3,(H2,24,25,26). The second-order valence-electron chi connectivity index (χ2n) is 7.18. The molecule has 1 aromatic carbocycles. The summed E-state index contributed by atoms with van der Waals surface area (Å²) in [6, 6.07) is 4.93. The maximum atomic E-state index is 14.2. The van der Waals surface area contributed by atoms with Gasteiger partial charge in [0.25, 0.3) is 0 Å². The molecule has 0 bridgehead atoms. The van der Waals surface area contributed by atoms with Crippen molar-refractivity contribution in [3.63, 3.8) is 0 Å². The first kappa shape index (κ1) is 22.8.